The largest absolute Gasteiger partial charge is 0.468 e. The molecule has 1 aliphatic carbocycles. The molecule has 292 valence electrons. The summed E-state index contributed by atoms with van der Waals surface area (Å²) in [4.78, 5) is 59.7. The zero-order chi connectivity index (χ0) is 39.2. The monoisotopic (exact) mass is 750 g/mol. The summed E-state index contributed by atoms with van der Waals surface area (Å²) >= 11 is 0. The lowest BCUT2D eigenvalue weighted by atomic mass is 9.65. The van der Waals surface area contributed by atoms with Crippen molar-refractivity contribution < 1.29 is 42.6 Å². The fraction of sp³-hybridized carbons (Fsp3) is 0.550. The van der Waals surface area contributed by atoms with Crippen LogP contribution in [-0.2, 0) is 39.8 Å². The van der Waals surface area contributed by atoms with Gasteiger partial charge in [-0.2, -0.15) is 0 Å². The lowest BCUT2D eigenvalue weighted by Crippen LogP contribution is -2.52. The second kappa shape index (κ2) is 17.7. The van der Waals surface area contributed by atoms with Crippen molar-refractivity contribution in [3.8, 4) is 0 Å². The number of ether oxygens (including phenoxy) is 4. The van der Waals surface area contributed by atoms with Crippen molar-refractivity contribution in [3.63, 3.8) is 0 Å². The first-order chi connectivity index (χ1) is 25.8. The van der Waals surface area contributed by atoms with Crippen LogP contribution < -0.4 is 0 Å². The van der Waals surface area contributed by atoms with E-state index in [-0.39, 0.29) is 42.1 Å². The summed E-state index contributed by atoms with van der Waals surface area (Å²) in [5.74, 6) is -3.72. The molecule has 0 aromatic heterocycles. The summed E-state index contributed by atoms with van der Waals surface area (Å²) in [7, 11) is 2.72. The van der Waals surface area contributed by atoms with E-state index in [0.717, 1.165) is 37.3 Å². The second-order valence-corrected chi connectivity index (χ2v) is 14.7. The number of halogens is 1. The molecule has 0 bridgehead atoms. The number of carbonyl (C=O) groups is 3. The van der Waals surface area contributed by atoms with E-state index in [1.54, 1.807) is 26.0 Å². The molecule has 13 nitrogen and oxygen atoms in total. The zero-order valence-corrected chi connectivity index (χ0v) is 32.0. The number of nitro groups is 1. The quantitative estimate of drug-likeness (QED) is 0.108. The molecule has 2 aromatic carbocycles. The predicted octanol–water partition coefficient (Wildman–Crippen LogP) is 5.22. The van der Waals surface area contributed by atoms with Gasteiger partial charge in [0.2, 0.25) is 0 Å². The number of allylic oxidation sites excluding steroid dienone is 1. The normalized spacial score (nSPS) is 23.4. The van der Waals surface area contributed by atoms with Crippen LogP contribution in [0.2, 0.25) is 0 Å². The van der Waals surface area contributed by atoms with Crippen LogP contribution in [0.4, 0.5) is 10.1 Å². The highest BCUT2D eigenvalue weighted by molar-refractivity contribution is 6.07. The van der Waals surface area contributed by atoms with Gasteiger partial charge in [-0.3, -0.25) is 24.8 Å². The van der Waals surface area contributed by atoms with Crippen molar-refractivity contribution in [3.05, 3.63) is 86.4 Å². The molecule has 4 atom stereocenters. The zero-order valence-electron chi connectivity index (χ0n) is 32.0. The maximum atomic E-state index is 14.2. The number of piperazine rings is 1. The number of esters is 3. The van der Waals surface area contributed by atoms with Gasteiger partial charge < -0.3 is 23.8 Å². The summed E-state index contributed by atoms with van der Waals surface area (Å²) in [6, 6.07) is 10.8. The molecule has 3 unspecified atom stereocenters. The molecular weight excluding hydrogens is 699 g/mol. The molecule has 0 radical (unpaired) electrons. The predicted molar refractivity (Wildman–Crippen MR) is 199 cm³/mol. The Labute approximate surface area is 315 Å². The standard InChI is InChI=1S/C40H51FN4O9/c1-25(2)37-32-11-10-30(41)22-28(32)12-13-40(37,54-33(46)24-51-5)14-15-43-16-18-44(19-17-43)20-21-53-39(48)35-27(4)42-26(3)34(38(47)52-6)36(35)29-8-7-9-31(23-29)45(49)50/h7-11,22-23,25,34,36-37H,12-21,24H2,1-6H3/t34?,36?,37?,40-/m0/s1. The Morgan fingerprint density at radius 2 is 1.74 bits per heavy atom. The van der Waals surface area contributed by atoms with Crippen molar-refractivity contribution in [2.24, 2.45) is 16.8 Å². The molecular formula is C40H51FN4O9. The molecule has 2 aliphatic heterocycles. The van der Waals surface area contributed by atoms with E-state index in [1.807, 2.05) is 6.07 Å². The van der Waals surface area contributed by atoms with Crippen LogP contribution in [0.3, 0.4) is 0 Å². The molecule has 2 heterocycles. The van der Waals surface area contributed by atoms with Crippen LogP contribution in [0.25, 0.3) is 0 Å². The highest BCUT2D eigenvalue weighted by Gasteiger charge is 2.48. The molecule has 14 heteroatoms. The van der Waals surface area contributed by atoms with E-state index < -0.39 is 40.3 Å². The third-order valence-electron chi connectivity index (χ3n) is 11.0. The summed E-state index contributed by atoms with van der Waals surface area (Å²) in [6.07, 6.45) is 1.82. The lowest BCUT2D eigenvalue weighted by Gasteiger charge is -2.47. The number of nitrogens with zero attached hydrogens (tertiary/aromatic N) is 4. The third-order valence-corrected chi connectivity index (χ3v) is 11.0. The average molecular weight is 751 g/mol. The fourth-order valence-corrected chi connectivity index (χ4v) is 8.52. The first-order valence-electron chi connectivity index (χ1n) is 18.5. The minimum absolute atomic E-state index is 0.0947. The Bertz CT molecular complexity index is 1790. The van der Waals surface area contributed by atoms with E-state index in [1.165, 1.54) is 38.5 Å². The Hall–Kier alpha value is -4.53. The smallest absolute Gasteiger partial charge is 0.336 e. The van der Waals surface area contributed by atoms with Crippen molar-refractivity contribution in [2.75, 3.05) is 66.7 Å². The molecule has 1 fully saturated rings. The van der Waals surface area contributed by atoms with Gasteiger partial charge in [0.15, 0.2) is 0 Å². The summed E-state index contributed by atoms with van der Waals surface area (Å²) < 4.78 is 36.4. The van der Waals surface area contributed by atoms with Gasteiger partial charge in [0.05, 0.1) is 17.6 Å². The maximum absolute atomic E-state index is 14.2. The topological polar surface area (TPSA) is 150 Å². The van der Waals surface area contributed by atoms with E-state index in [9.17, 15) is 28.9 Å². The number of aryl methyl sites for hydroxylation is 1. The fourth-order valence-electron chi connectivity index (χ4n) is 8.52. The summed E-state index contributed by atoms with van der Waals surface area (Å²) in [5.41, 5.74) is 2.46. The number of carbonyl (C=O) groups excluding carboxylic acids is 3. The van der Waals surface area contributed by atoms with Crippen LogP contribution in [0.15, 0.2) is 58.7 Å². The number of non-ortho nitro benzene ring substituents is 1. The number of rotatable bonds is 14. The highest BCUT2D eigenvalue weighted by Crippen LogP contribution is 2.48. The van der Waals surface area contributed by atoms with Gasteiger partial charge in [-0.1, -0.05) is 32.0 Å². The van der Waals surface area contributed by atoms with E-state index in [0.29, 0.717) is 49.3 Å². The molecule has 0 spiro atoms. The number of hydrogen-bond acceptors (Lipinski definition) is 12. The summed E-state index contributed by atoms with van der Waals surface area (Å²) in [5, 5.41) is 11.6. The number of fused-ring (bicyclic) bond motifs is 1. The van der Waals surface area contributed by atoms with Crippen LogP contribution in [0.5, 0.6) is 0 Å². The van der Waals surface area contributed by atoms with Gasteiger partial charge in [-0.15, -0.1) is 0 Å². The van der Waals surface area contributed by atoms with Crippen LogP contribution in [0.1, 0.15) is 69.1 Å². The number of aliphatic imine (C=N–C) groups is 1. The molecule has 54 heavy (non-hydrogen) atoms. The number of benzene rings is 2. The Balaban J connectivity index is 1.21. The number of nitro benzene ring substituents is 1. The van der Waals surface area contributed by atoms with Gasteiger partial charge in [0, 0.05) is 88.2 Å². The first kappa shape index (κ1) is 40.7. The first-order valence-corrected chi connectivity index (χ1v) is 18.5. The average Bonchev–Trinajstić information content (AvgIpc) is 3.13. The van der Waals surface area contributed by atoms with Gasteiger partial charge in [0.1, 0.15) is 30.5 Å². The minimum Gasteiger partial charge on any atom is -0.468 e. The van der Waals surface area contributed by atoms with Crippen molar-refractivity contribution in [1.29, 1.82) is 0 Å². The van der Waals surface area contributed by atoms with E-state index in [2.05, 4.69) is 28.6 Å². The van der Waals surface area contributed by atoms with Crippen LogP contribution in [-0.4, -0.2) is 111 Å². The third kappa shape index (κ3) is 9.04. The SMILES string of the molecule is COCC(=O)O[C@]1(CCN2CCN(CCOC(=O)C3=C(C)N=C(C)C(C(=O)OC)C3c3cccc([N+](=O)[O-])c3)CC2)CCc2cc(F)ccc2C1C(C)C. The Morgan fingerprint density at radius 1 is 1.04 bits per heavy atom. The van der Waals surface area contributed by atoms with Gasteiger partial charge in [0.25, 0.3) is 5.69 Å². The number of hydrogen-bond donors (Lipinski definition) is 0. The Morgan fingerprint density at radius 3 is 2.39 bits per heavy atom. The van der Waals surface area contributed by atoms with Crippen molar-refractivity contribution in [2.45, 2.75) is 64.4 Å². The van der Waals surface area contributed by atoms with Crippen LogP contribution >= 0.6 is 0 Å². The van der Waals surface area contributed by atoms with Gasteiger partial charge in [-0.25, -0.2) is 14.0 Å². The molecule has 5 rings (SSSR count). The molecule has 3 aliphatic rings. The minimum atomic E-state index is -0.957. The molecule has 1 saturated heterocycles. The molecule has 0 saturated carbocycles. The maximum Gasteiger partial charge on any atom is 0.336 e. The molecule has 0 N–H and O–H groups in total. The van der Waals surface area contributed by atoms with Crippen molar-refractivity contribution >= 4 is 29.3 Å². The van der Waals surface area contributed by atoms with Gasteiger partial charge in [-0.05, 0) is 61.4 Å². The van der Waals surface area contributed by atoms with E-state index >= 15 is 0 Å². The molecule has 2 aromatic rings. The van der Waals surface area contributed by atoms with Crippen molar-refractivity contribution in [1.82, 2.24) is 9.80 Å². The Kier molecular flexibility index (Phi) is 13.4. The van der Waals surface area contributed by atoms with E-state index in [4.69, 9.17) is 18.9 Å². The lowest BCUT2D eigenvalue weighted by molar-refractivity contribution is -0.384. The summed E-state index contributed by atoms with van der Waals surface area (Å²) in [6.45, 7) is 11.7. The number of methoxy groups -OCH3 is 2. The highest BCUT2D eigenvalue weighted by atomic mass is 19.1. The second-order valence-electron chi connectivity index (χ2n) is 14.7. The van der Waals surface area contributed by atoms with Crippen LogP contribution in [0, 0.1) is 27.8 Å². The van der Waals surface area contributed by atoms with Gasteiger partial charge >= 0.3 is 17.9 Å². The molecule has 0 amide bonds.